The molecule has 2 aromatic carbocycles. The maximum atomic E-state index is 14.8. The summed E-state index contributed by atoms with van der Waals surface area (Å²) in [5.74, 6) is -2.65. The molecule has 1 unspecified atom stereocenters. The standard InChI is InChI=1S/C24H21F4N7O2/c1-33(2)20-12-34(11-19-30-32-23(35(19)20)24(26,27)28)22(37)16-9-13(7-8-17(16)25)10-18-14-5-3-4-6-15(14)21(36)31-29-18/h3-9,20H,10-12H2,1-2H3,(H,31,36). The summed E-state index contributed by atoms with van der Waals surface area (Å²) in [6.07, 6.45) is -5.41. The Kier molecular flexibility index (Phi) is 6.02. The van der Waals surface area contributed by atoms with E-state index >= 15 is 0 Å². The van der Waals surface area contributed by atoms with Crippen LogP contribution in [0.25, 0.3) is 10.8 Å². The third-order valence-electron chi connectivity index (χ3n) is 6.33. The Labute approximate surface area is 207 Å². The number of likely N-dealkylation sites (N-methyl/N-ethyl adjacent to an activating group) is 1. The highest BCUT2D eigenvalue weighted by Crippen LogP contribution is 2.34. The number of nitrogens with one attached hydrogen (secondary N) is 1. The first-order valence-electron chi connectivity index (χ1n) is 11.3. The van der Waals surface area contributed by atoms with Gasteiger partial charge in [0.1, 0.15) is 12.0 Å². The zero-order valence-corrected chi connectivity index (χ0v) is 19.8. The predicted octanol–water partition coefficient (Wildman–Crippen LogP) is 2.98. The van der Waals surface area contributed by atoms with E-state index < -0.39 is 29.9 Å². The first kappa shape index (κ1) is 24.6. The second-order valence-electron chi connectivity index (χ2n) is 8.97. The molecule has 0 saturated heterocycles. The number of halogens is 4. The van der Waals surface area contributed by atoms with Gasteiger partial charge in [-0.1, -0.05) is 24.3 Å². The Morgan fingerprint density at radius 1 is 1.14 bits per heavy atom. The van der Waals surface area contributed by atoms with E-state index in [-0.39, 0.29) is 36.5 Å². The number of carbonyl (C=O) groups is 1. The molecule has 0 spiro atoms. The topological polar surface area (TPSA) is 100 Å². The normalized spacial score (nSPS) is 15.9. The summed E-state index contributed by atoms with van der Waals surface area (Å²) >= 11 is 0. The van der Waals surface area contributed by atoms with Crippen molar-refractivity contribution in [3.8, 4) is 0 Å². The molecule has 9 nitrogen and oxygen atoms in total. The fourth-order valence-corrected chi connectivity index (χ4v) is 4.52. The lowest BCUT2D eigenvalue weighted by atomic mass is 10.0. The molecular weight excluding hydrogens is 494 g/mol. The van der Waals surface area contributed by atoms with E-state index in [0.29, 0.717) is 22.0 Å². The maximum absolute atomic E-state index is 14.8. The number of nitrogens with zero attached hydrogens (tertiary/aromatic N) is 6. The summed E-state index contributed by atoms with van der Waals surface area (Å²) in [4.78, 5) is 28.2. The fraction of sp³-hybridized carbons (Fsp3) is 0.292. The van der Waals surface area contributed by atoms with Gasteiger partial charge in [0, 0.05) is 11.8 Å². The molecule has 0 fully saturated rings. The van der Waals surface area contributed by atoms with E-state index in [1.165, 1.54) is 21.9 Å². The lowest BCUT2D eigenvalue weighted by molar-refractivity contribution is -0.150. The quantitative estimate of drug-likeness (QED) is 0.420. The van der Waals surface area contributed by atoms with Crippen molar-refractivity contribution in [2.45, 2.75) is 25.3 Å². The molecule has 13 heteroatoms. The van der Waals surface area contributed by atoms with Gasteiger partial charge in [0.15, 0.2) is 5.82 Å². The number of hydrogen-bond donors (Lipinski definition) is 1. The van der Waals surface area contributed by atoms with Crippen molar-refractivity contribution in [3.05, 3.63) is 87.1 Å². The minimum absolute atomic E-state index is 0.0499. The van der Waals surface area contributed by atoms with Crippen molar-refractivity contribution >= 4 is 16.7 Å². The van der Waals surface area contributed by atoms with Gasteiger partial charge in [0.25, 0.3) is 11.5 Å². The number of carbonyl (C=O) groups excluding carboxylic acids is 1. The highest BCUT2D eigenvalue weighted by Gasteiger charge is 2.43. The molecule has 5 rings (SSSR count). The largest absolute Gasteiger partial charge is 0.451 e. The van der Waals surface area contributed by atoms with Gasteiger partial charge in [0.2, 0.25) is 5.82 Å². The highest BCUT2D eigenvalue weighted by atomic mass is 19.4. The van der Waals surface area contributed by atoms with E-state index in [0.717, 1.165) is 10.6 Å². The summed E-state index contributed by atoms with van der Waals surface area (Å²) < 4.78 is 56.2. The number of aromatic nitrogens is 5. The minimum atomic E-state index is -4.72. The Hall–Kier alpha value is -4.13. The van der Waals surface area contributed by atoms with Crippen molar-refractivity contribution in [1.82, 2.24) is 34.8 Å². The lowest BCUT2D eigenvalue weighted by Crippen LogP contribution is -2.47. The Morgan fingerprint density at radius 3 is 2.57 bits per heavy atom. The van der Waals surface area contributed by atoms with Gasteiger partial charge in [-0.3, -0.25) is 19.1 Å². The zero-order valence-electron chi connectivity index (χ0n) is 19.8. The number of amides is 1. The van der Waals surface area contributed by atoms with Crippen LogP contribution in [0.4, 0.5) is 17.6 Å². The van der Waals surface area contributed by atoms with Gasteiger partial charge in [-0.25, -0.2) is 9.49 Å². The molecule has 1 aliphatic heterocycles. The molecule has 0 saturated carbocycles. The molecule has 1 amide bonds. The average Bonchev–Trinajstić information content (AvgIpc) is 3.31. The van der Waals surface area contributed by atoms with E-state index in [2.05, 4.69) is 20.4 Å². The first-order chi connectivity index (χ1) is 17.5. The van der Waals surface area contributed by atoms with Gasteiger partial charge in [-0.2, -0.15) is 18.3 Å². The van der Waals surface area contributed by atoms with Crippen LogP contribution in [0.15, 0.2) is 47.3 Å². The Balaban J connectivity index is 1.47. The molecule has 4 aromatic rings. The van der Waals surface area contributed by atoms with E-state index in [1.54, 1.807) is 38.4 Å². The van der Waals surface area contributed by atoms with E-state index in [4.69, 9.17) is 0 Å². The second-order valence-corrected chi connectivity index (χ2v) is 8.97. The van der Waals surface area contributed by atoms with Gasteiger partial charge < -0.3 is 4.90 Å². The van der Waals surface area contributed by atoms with Crippen LogP contribution in [-0.4, -0.2) is 61.3 Å². The van der Waals surface area contributed by atoms with E-state index in [9.17, 15) is 27.2 Å². The SMILES string of the molecule is CN(C)C1CN(C(=O)c2cc(Cc3n[nH]c(=O)c4ccccc34)ccc2F)Cc2nnc(C(F)(F)F)n21. The summed E-state index contributed by atoms with van der Waals surface area (Å²) in [6.45, 7) is -0.391. The van der Waals surface area contributed by atoms with Gasteiger partial charge in [-0.15, -0.1) is 10.2 Å². The number of alkyl halides is 3. The third-order valence-corrected chi connectivity index (χ3v) is 6.33. The Bertz CT molecular complexity index is 1560. The predicted molar refractivity (Wildman–Crippen MR) is 124 cm³/mol. The molecule has 0 aliphatic carbocycles. The molecule has 3 heterocycles. The first-order valence-corrected chi connectivity index (χ1v) is 11.3. The van der Waals surface area contributed by atoms with Crippen molar-refractivity contribution in [2.75, 3.05) is 20.6 Å². The van der Waals surface area contributed by atoms with Crippen molar-refractivity contribution in [1.29, 1.82) is 0 Å². The second kappa shape index (κ2) is 9.07. The number of fused-ring (bicyclic) bond motifs is 2. The van der Waals surface area contributed by atoms with Crippen LogP contribution in [0.5, 0.6) is 0 Å². The van der Waals surface area contributed by atoms with Crippen LogP contribution in [0.1, 0.15) is 39.4 Å². The van der Waals surface area contributed by atoms with Crippen LogP contribution in [0.3, 0.4) is 0 Å². The lowest BCUT2D eigenvalue weighted by Gasteiger charge is -2.37. The molecule has 1 aliphatic rings. The number of rotatable bonds is 4. The maximum Gasteiger partial charge on any atom is 0.451 e. The third kappa shape index (κ3) is 4.46. The van der Waals surface area contributed by atoms with Crippen LogP contribution < -0.4 is 5.56 Å². The van der Waals surface area contributed by atoms with Crippen LogP contribution >= 0.6 is 0 Å². The summed E-state index contributed by atoms with van der Waals surface area (Å²) in [6, 6.07) is 11.0. The van der Waals surface area contributed by atoms with E-state index in [1.807, 2.05) is 0 Å². The molecule has 0 radical (unpaired) electrons. The van der Waals surface area contributed by atoms with Gasteiger partial charge in [0.05, 0.1) is 29.7 Å². The molecule has 1 N–H and O–H groups in total. The fourth-order valence-electron chi connectivity index (χ4n) is 4.52. The molecule has 1 atom stereocenters. The van der Waals surface area contributed by atoms with Crippen LogP contribution in [0.2, 0.25) is 0 Å². The van der Waals surface area contributed by atoms with Gasteiger partial charge >= 0.3 is 6.18 Å². The molecule has 37 heavy (non-hydrogen) atoms. The minimum Gasteiger partial charge on any atom is -0.328 e. The van der Waals surface area contributed by atoms with Crippen molar-refractivity contribution in [3.63, 3.8) is 0 Å². The molecule has 0 bridgehead atoms. The smallest absolute Gasteiger partial charge is 0.328 e. The average molecular weight is 515 g/mol. The van der Waals surface area contributed by atoms with Crippen LogP contribution in [-0.2, 0) is 19.1 Å². The number of aromatic amines is 1. The van der Waals surface area contributed by atoms with Crippen molar-refractivity contribution < 1.29 is 22.4 Å². The number of H-pyrrole nitrogens is 1. The zero-order chi connectivity index (χ0) is 26.5. The summed E-state index contributed by atoms with van der Waals surface area (Å²) in [5.41, 5.74) is 0.543. The summed E-state index contributed by atoms with van der Waals surface area (Å²) in [5, 5.41) is 14.6. The Morgan fingerprint density at radius 2 is 1.86 bits per heavy atom. The highest BCUT2D eigenvalue weighted by molar-refractivity contribution is 5.95. The van der Waals surface area contributed by atoms with Crippen LogP contribution in [0, 0.1) is 5.82 Å². The molecule has 2 aromatic heterocycles. The van der Waals surface area contributed by atoms with Gasteiger partial charge in [-0.05, 0) is 37.9 Å². The van der Waals surface area contributed by atoms with Crippen molar-refractivity contribution in [2.24, 2.45) is 0 Å². The number of hydrogen-bond acceptors (Lipinski definition) is 6. The summed E-state index contributed by atoms with van der Waals surface area (Å²) in [7, 11) is 3.15. The molecule has 192 valence electrons. The molecular formula is C24H21F4N7O2. The monoisotopic (exact) mass is 515 g/mol. The number of benzene rings is 2.